The molecule has 0 spiro atoms. The van der Waals surface area contributed by atoms with Gasteiger partial charge in [-0.2, -0.15) is 8.42 Å². The molecule has 0 aromatic heterocycles. The van der Waals surface area contributed by atoms with Crippen molar-refractivity contribution in [3.63, 3.8) is 0 Å². The highest BCUT2D eigenvalue weighted by atomic mass is 32.2. The molecule has 0 heterocycles. The number of hydrogen-bond donors (Lipinski definition) is 1. The predicted octanol–water partition coefficient (Wildman–Crippen LogP) is 5.22. The molecular formula is C27H33F3O9S. The fraction of sp³-hybridized carbons (Fsp3) is 0.704. The maximum absolute atomic E-state index is 13.4. The fourth-order valence-corrected chi connectivity index (χ4v) is 7.89. The van der Waals surface area contributed by atoms with Crippen molar-refractivity contribution < 1.29 is 54.7 Å². The van der Waals surface area contributed by atoms with Crippen LogP contribution in [-0.2, 0) is 24.4 Å². The first kappa shape index (κ1) is 29.0. The van der Waals surface area contributed by atoms with Gasteiger partial charge in [0.15, 0.2) is 11.5 Å². The van der Waals surface area contributed by atoms with Gasteiger partial charge in [0.1, 0.15) is 23.6 Å². The number of carbonyl (C=O) groups is 2. The van der Waals surface area contributed by atoms with E-state index in [4.69, 9.17) is 18.8 Å². The Labute approximate surface area is 230 Å². The maximum Gasteiger partial charge on any atom is 0.573 e. The Hall–Kier alpha value is -2.54. The summed E-state index contributed by atoms with van der Waals surface area (Å²) in [7, 11) is -4.29. The lowest BCUT2D eigenvalue weighted by molar-refractivity contribution is -0.275. The van der Waals surface area contributed by atoms with E-state index in [2.05, 4.69) is 4.74 Å². The molecular weight excluding hydrogens is 557 g/mol. The molecule has 0 radical (unpaired) electrons. The summed E-state index contributed by atoms with van der Waals surface area (Å²) in [5.74, 6) is -2.55. The van der Waals surface area contributed by atoms with Gasteiger partial charge >= 0.3 is 18.3 Å². The van der Waals surface area contributed by atoms with Crippen LogP contribution >= 0.6 is 0 Å². The topological polar surface area (TPSA) is 125 Å². The minimum atomic E-state index is -4.94. The first-order chi connectivity index (χ1) is 18.6. The standard InChI is InChI=1S/C27H33F3O9S/c1-24(6-2-3-7-24)37-21-11-19(4-5-20(21)38-27(28,29)30)22(31)39-26-14-17-10-18(15-26)13-25(12-17,16-26)23(32)36-8-9-40(33,34)35/h4-5,11,17-18H,2-3,6-10,12-16H2,1H3,(H,33,34,35). The molecule has 0 amide bonds. The Morgan fingerprint density at radius 1 is 1.05 bits per heavy atom. The minimum absolute atomic E-state index is 0.00615. The number of hydrogen-bond acceptors (Lipinski definition) is 8. The maximum atomic E-state index is 13.4. The van der Waals surface area contributed by atoms with Crippen LogP contribution in [-0.4, -0.2) is 54.8 Å². The molecule has 40 heavy (non-hydrogen) atoms. The van der Waals surface area contributed by atoms with E-state index in [9.17, 15) is 31.2 Å². The molecule has 13 heteroatoms. The van der Waals surface area contributed by atoms with E-state index in [1.807, 2.05) is 6.92 Å². The summed E-state index contributed by atoms with van der Waals surface area (Å²) in [5, 5.41) is 0. The van der Waals surface area contributed by atoms with E-state index in [0.29, 0.717) is 38.5 Å². The van der Waals surface area contributed by atoms with E-state index < -0.39 is 63.1 Å². The van der Waals surface area contributed by atoms with Crippen molar-refractivity contribution in [1.82, 2.24) is 0 Å². The number of alkyl halides is 3. The zero-order valence-corrected chi connectivity index (χ0v) is 22.9. The van der Waals surface area contributed by atoms with Crippen LogP contribution in [0.2, 0.25) is 0 Å². The molecule has 0 saturated heterocycles. The summed E-state index contributed by atoms with van der Waals surface area (Å²) in [4.78, 5) is 26.5. The summed E-state index contributed by atoms with van der Waals surface area (Å²) in [6, 6.07) is 3.46. The van der Waals surface area contributed by atoms with Crippen molar-refractivity contribution in [1.29, 1.82) is 0 Å². The number of carbonyl (C=O) groups excluding carboxylic acids is 2. The molecule has 222 valence electrons. The van der Waals surface area contributed by atoms with Crippen LogP contribution in [0, 0.1) is 17.3 Å². The Balaban J connectivity index is 1.35. The third-order valence-corrected chi connectivity index (χ3v) is 9.43. The highest BCUT2D eigenvalue weighted by Gasteiger charge is 2.63. The molecule has 1 N–H and O–H groups in total. The van der Waals surface area contributed by atoms with Crippen molar-refractivity contribution in [2.45, 2.75) is 88.7 Å². The van der Waals surface area contributed by atoms with Crippen molar-refractivity contribution in [3.8, 4) is 11.5 Å². The highest BCUT2D eigenvalue weighted by molar-refractivity contribution is 7.85. The van der Waals surface area contributed by atoms with Gasteiger partial charge in [-0.15, -0.1) is 13.2 Å². The van der Waals surface area contributed by atoms with Gasteiger partial charge in [0, 0.05) is 6.42 Å². The number of esters is 2. The molecule has 5 saturated carbocycles. The Bertz CT molecular complexity index is 1260. The van der Waals surface area contributed by atoms with Gasteiger partial charge in [0.25, 0.3) is 10.1 Å². The summed E-state index contributed by atoms with van der Waals surface area (Å²) in [6.45, 7) is 1.34. The second kappa shape index (κ2) is 10.1. The molecule has 9 nitrogen and oxygen atoms in total. The Kier molecular flexibility index (Phi) is 7.30. The average molecular weight is 591 g/mol. The first-order valence-corrected chi connectivity index (χ1v) is 15.1. The molecule has 5 fully saturated rings. The molecule has 5 aliphatic rings. The molecule has 1 aromatic carbocycles. The van der Waals surface area contributed by atoms with Crippen LogP contribution in [0.25, 0.3) is 0 Å². The number of benzene rings is 1. The van der Waals surface area contributed by atoms with E-state index in [1.54, 1.807) is 0 Å². The predicted molar refractivity (Wildman–Crippen MR) is 133 cm³/mol. The SMILES string of the molecule is CC1(Oc2cc(C(=O)OC34CC5CC(C3)CC(C(=O)OCCS(=O)(=O)O)(C5)C4)ccc2OC(F)(F)F)CCCC1. The molecule has 0 aliphatic heterocycles. The van der Waals surface area contributed by atoms with Crippen molar-refractivity contribution in [2.75, 3.05) is 12.4 Å². The lowest BCUT2D eigenvalue weighted by atomic mass is 9.48. The van der Waals surface area contributed by atoms with Crippen LogP contribution in [0.1, 0.15) is 81.5 Å². The van der Waals surface area contributed by atoms with Gasteiger partial charge in [0.05, 0.1) is 11.0 Å². The lowest BCUT2D eigenvalue weighted by Crippen LogP contribution is -2.60. The number of halogens is 3. The van der Waals surface area contributed by atoms with Crippen LogP contribution in [0.4, 0.5) is 13.2 Å². The summed E-state index contributed by atoms with van der Waals surface area (Å²) < 4.78 is 91.7. The Morgan fingerprint density at radius 3 is 2.30 bits per heavy atom. The molecule has 2 atom stereocenters. The summed E-state index contributed by atoms with van der Waals surface area (Å²) in [6.07, 6.45) is 1.36. The first-order valence-electron chi connectivity index (χ1n) is 13.5. The molecule has 1 aromatic rings. The molecule has 5 aliphatic carbocycles. The van der Waals surface area contributed by atoms with Crippen LogP contribution in [0.5, 0.6) is 11.5 Å². The van der Waals surface area contributed by atoms with Crippen LogP contribution < -0.4 is 9.47 Å². The van der Waals surface area contributed by atoms with Crippen LogP contribution in [0.15, 0.2) is 18.2 Å². The monoisotopic (exact) mass is 590 g/mol. The zero-order chi connectivity index (χ0) is 29.0. The third kappa shape index (κ3) is 6.35. The molecule has 6 rings (SSSR count). The lowest BCUT2D eigenvalue weighted by Gasteiger charge is -2.59. The van der Waals surface area contributed by atoms with Gasteiger partial charge in [-0.3, -0.25) is 9.35 Å². The quantitative estimate of drug-likeness (QED) is 0.304. The van der Waals surface area contributed by atoms with Gasteiger partial charge in [0.2, 0.25) is 0 Å². The van der Waals surface area contributed by atoms with Crippen molar-refractivity contribution >= 4 is 22.1 Å². The zero-order valence-electron chi connectivity index (χ0n) is 22.1. The summed E-state index contributed by atoms with van der Waals surface area (Å²) >= 11 is 0. The van der Waals surface area contributed by atoms with E-state index in [1.165, 1.54) is 12.1 Å². The molecule has 2 unspecified atom stereocenters. The van der Waals surface area contributed by atoms with Crippen molar-refractivity contribution in [2.24, 2.45) is 17.3 Å². The second-order valence-electron chi connectivity index (χ2n) is 12.2. The normalized spacial score (nSPS) is 30.6. The van der Waals surface area contributed by atoms with Gasteiger partial charge in [-0.1, -0.05) is 0 Å². The Morgan fingerprint density at radius 2 is 1.70 bits per heavy atom. The largest absolute Gasteiger partial charge is 0.573 e. The van der Waals surface area contributed by atoms with E-state index in [-0.39, 0.29) is 29.6 Å². The second-order valence-corrected chi connectivity index (χ2v) is 13.8. The number of rotatable bonds is 9. The van der Waals surface area contributed by atoms with E-state index >= 15 is 0 Å². The smallest absolute Gasteiger partial charge is 0.484 e. The third-order valence-electron chi connectivity index (χ3n) is 8.75. The number of ether oxygens (including phenoxy) is 4. The average Bonchev–Trinajstić information content (AvgIpc) is 3.23. The van der Waals surface area contributed by atoms with Gasteiger partial charge < -0.3 is 18.9 Å². The van der Waals surface area contributed by atoms with E-state index in [0.717, 1.165) is 25.3 Å². The van der Waals surface area contributed by atoms with Gasteiger partial charge in [-0.05, 0) is 94.7 Å². The fourth-order valence-electron chi connectivity index (χ4n) is 7.60. The minimum Gasteiger partial charge on any atom is -0.484 e. The van der Waals surface area contributed by atoms with Crippen molar-refractivity contribution in [3.05, 3.63) is 23.8 Å². The van der Waals surface area contributed by atoms with Crippen LogP contribution in [0.3, 0.4) is 0 Å². The van der Waals surface area contributed by atoms with Gasteiger partial charge in [-0.25, -0.2) is 4.79 Å². The molecule has 4 bridgehead atoms. The highest BCUT2D eigenvalue weighted by Crippen LogP contribution is 2.63. The summed E-state index contributed by atoms with van der Waals surface area (Å²) in [5.41, 5.74) is -2.57.